The molecule has 174 valence electrons. The quantitative estimate of drug-likeness (QED) is 0.159. The molecule has 1 aromatic heterocycles. The number of hydrogen-bond acceptors (Lipinski definition) is 4. The second-order valence-electron chi connectivity index (χ2n) is 7.29. The van der Waals surface area contributed by atoms with Gasteiger partial charge >= 0.3 is 0 Å². The minimum Gasteiger partial charge on any atom is -0.356 e. The highest BCUT2D eigenvalue weighted by Gasteiger charge is 2.12. The highest BCUT2D eigenvalue weighted by atomic mass is 127. The van der Waals surface area contributed by atoms with Crippen LogP contribution in [0, 0.1) is 13.8 Å². The first kappa shape index (κ1) is 26.1. The average Bonchev–Trinajstić information content (AvgIpc) is 3.08. The summed E-state index contributed by atoms with van der Waals surface area (Å²) >= 11 is 0. The summed E-state index contributed by atoms with van der Waals surface area (Å²) in [7, 11) is -1.81. The minimum absolute atomic E-state index is 0. The molecule has 1 heterocycles. The first-order chi connectivity index (χ1) is 14.9. The van der Waals surface area contributed by atoms with E-state index in [0.29, 0.717) is 12.5 Å². The SMILES string of the molecule is CN=C(NCCCn1c(C)nc2ccccc21)NCCNS(=O)(=O)c1ccc(C)cc1.I. The predicted octanol–water partition coefficient (Wildman–Crippen LogP) is 2.80. The van der Waals surface area contributed by atoms with Gasteiger partial charge in [-0.25, -0.2) is 18.1 Å². The van der Waals surface area contributed by atoms with Gasteiger partial charge < -0.3 is 15.2 Å². The minimum atomic E-state index is -3.51. The first-order valence-corrected chi connectivity index (χ1v) is 11.8. The van der Waals surface area contributed by atoms with Crippen molar-refractivity contribution in [2.24, 2.45) is 4.99 Å². The number of fused-ring (bicyclic) bond motifs is 1. The summed E-state index contributed by atoms with van der Waals surface area (Å²) in [6, 6.07) is 14.9. The molecule has 0 spiro atoms. The van der Waals surface area contributed by atoms with Gasteiger partial charge in [0.2, 0.25) is 10.0 Å². The summed E-state index contributed by atoms with van der Waals surface area (Å²) in [6.07, 6.45) is 0.905. The first-order valence-electron chi connectivity index (χ1n) is 10.3. The van der Waals surface area contributed by atoms with Crippen LogP contribution in [0.1, 0.15) is 17.8 Å². The monoisotopic (exact) mass is 570 g/mol. The fourth-order valence-electron chi connectivity index (χ4n) is 3.31. The maximum Gasteiger partial charge on any atom is 0.240 e. The summed E-state index contributed by atoms with van der Waals surface area (Å²) in [6.45, 7) is 6.22. The Morgan fingerprint density at radius 1 is 1.00 bits per heavy atom. The summed E-state index contributed by atoms with van der Waals surface area (Å²) in [5, 5.41) is 6.39. The number of para-hydroxylation sites is 2. The number of nitrogens with zero attached hydrogens (tertiary/aromatic N) is 3. The second-order valence-corrected chi connectivity index (χ2v) is 9.06. The Labute approximate surface area is 207 Å². The molecule has 3 aromatic rings. The smallest absolute Gasteiger partial charge is 0.240 e. The third-order valence-electron chi connectivity index (χ3n) is 4.96. The molecular weight excluding hydrogens is 539 g/mol. The number of halogens is 1. The molecule has 0 aliphatic carbocycles. The molecule has 0 bridgehead atoms. The molecule has 0 atom stereocenters. The van der Waals surface area contributed by atoms with Crippen LogP contribution in [0.25, 0.3) is 11.0 Å². The Morgan fingerprint density at radius 3 is 2.41 bits per heavy atom. The third kappa shape index (κ3) is 6.91. The molecule has 0 aliphatic heterocycles. The number of aliphatic imine (C=N–C) groups is 1. The van der Waals surface area contributed by atoms with Crippen molar-refractivity contribution in [2.45, 2.75) is 31.7 Å². The number of benzene rings is 2. The maximum absolute atomic E-state index is 12.3. The van der Waals surface area contributed by atoms with Gasteiger partial charge in [-0.1, -0.05) is 29.8 Å². The van der Waals surface area contributed by atoms with E-state index in [2.05, 4.69) is 36.0 Å². The second kappa shape index (κ2) is 12.2. The summed E-state index contributed by atoms with van der Waals surface area (Å²) < 4.78 is 29.4. The lowest BCUT2D eigenvalue weighted by molar-refractivity contribution is 0.580. The summed E-state index contributed by atoms with van der Waals surface area (Å²) in [5.74, 6) is 1.64. The summed E-state index contributed by atoms with van der Waals surface area (Å²) in [5.41, 5.74) is 3.17. The zero-order chi connectivity index (χ0) is 22.3. The number of sulfonamides is 1. The Balaban J connectivity index is 0.00000363. The van der Waals surface area contributed by atoms with Gasteiger partial charge in [0, 0.05) is 33.2 Å². The van der Waals surface area contributed by atoms with Gasteiger partial charge in [0.05, 0.1) is 15.9 Å². The summed E-state index contributed by atoms with van der Waals surface area (Å²) in [4.78, 5) is 9.05. The van der Waals surface area contributed by atoms with E-state index < -0.39 is 10.0 Å². The van der Waals surface area contributed by atoms with Crippen molar-refractivity contribution in [3.63, 3.8) is 0 Å². The van der Waals surface area contributed by atoms with Crippen LogP contribution in [0.5, 0.6) is 0 Å². The molecule has 0 aliphatic rings. The molecule has 32 heavy (non-hydrogen) atoms. The van der Waals surface area contributed by atoms with Crippen molar-refractivity contribution in [1.82, 2.24) is 24.9 Å². The molecule has 0 saturated heterocycles. The van der Waals surface area contributed by atoms with Gasteiger partial charge in [-0.3, -0.25) is 4.99 Å². The predicted molar refractivity (Wildman–Crippen MR) is 140 cm³/mol. The third-order valence-corrected chi connectivity index (χ3v) is 6.44. The molecule has 0 saturated carbocycles. The van der Waals surface area contributed by atoms with Crippen LogP contribution < -0.4 is 15.4 Å². The van der Waals surface area contributed by atoms with Crippen LogP contribution in [0.4, 0.5) is 0 Å². The van der Waals surface area contributed by atoms with Crippen LogP contribution >= 0.6 is 24.0 Å². The zero-order valence-corrected chi connectivity index (χ0v) is 21.8. The number of rotatable bonds is 9. The molecule has 3 N–H and O–H groups in total. The zero-order valence-electron chi connectivity index (χ0n) is 18.6. The molecule has 8 nitrogen and oxygen atoms in total. The van der Waals surface area contributed by atoms with Crippen molar-refractivity contribution in [2.75, 3.05) is 26.7 Å². The molecule has 2 aromatic carbocycles. The number of aromatic nitrogens is 2. The number of imidazole rings is 1. The Hall–Kier alpha value is -2.18. The number of hydrogen-bond donors (Lipinski definition) is 3. The molecular formula is C22H31IN6O2S. The number of aryl methyl sites for hydroxylation is 3. The van der Waals surface area contributed by atoms with E-state index in [1.165, 1.54) is 0 Å². The van der Waals surface area contributed by atoms with Crippen molar-refractivity contribution >= 4 is 51.0 Å². The topological polar surface area (TPSA) is 100 Å². The number of guanidine groups is 1. The van der Waals surface area contributed by atoms with Crippen molar-refractivity contribution in [1.29, 1.82) is 0 Å². The molecule has 3 rings (SSSR count). The fraction of sp³-hybridized carbons (Fsp3) is 0.364. The maximum atomic E-state index is 12.3. The van der Waals surface area contributed by atoms with E-state index in [1.807, 2.05) is 32.0 Å². The van der Waals surface area contributed by atoms with Crippen LogP contribution in [0.3, 0.4) is 0 Å². The van der Waals surface area contributed by atoms with Crippen LogP contribution in [-0.4, -0.2) is 50.6 Å². The van der Waals surface area contributed by atoms with Crippen LogP contribution in [0.2, 0.25) is 0 Å². The Morgan fingerprint density at radius 2 is 1.69 bits per heavy atom. The Kier molecular flexibility index (Phi) is 9.91. The van der Waals surface area contributed by atoms with E-state index in [-0.39, 0.29) is 35.4 Å². The van der Waals surface area contributed by atoms with Gasteiger partial charge in [-0.15, -0.1) is 24.0 Å². The lowest BCUT2D eigenvalue weighted by Gasteiger charge is -2.13. The standard InChI is InChI=1S/C22H30N6O2S.HI/c1-17-9-11-19(12-10-17)31(29,30)26-15-14-25-22(23-3)24-13-6-16-28-18(2)27-20-7-4-5-8-21(20)28;/h4-5,7-12,26H,6,13-16H2,1-3H3,(H2,23,24,25);1H. The van der Waals surface area contributed by atoms with E-state index in [4.69, 9.17) is 0 Å². The number of nitrogens with one attached hydrogen (secondary N) is 3. The molecule has 0 fully saturated rings. The van der Waals surface area contributed by atoms with Gasteiger partial charge in [-0.2, -0.15) is 0 Å². The largest absolute Gasteiger partial charge is 0.356 e. The van der Waals surface area contributed by atoms with E-state index in [1.54, 1.807) is 31.3 Å². The van der Waals surface area contributed by atoms with Crippen LogP contribution in [0.15, 0.2) is 58.4 Å². The van der Waals surface area contributed by atoms with Crippen molar-refractivity contribution in [3.05, 3.63) is 59.9 Å². The molecule has 10 heteroatoms. The average molecular weight is 571 g/mol. The highest BCUT2D eigenvalue weighted by molar-refractivity contribution is 14.0. The van der Waals surface area contributed by atoms with E-state index >= 15 is 0 Å². The van der Waals surface area contributed by atoms with Crippen molar-refractivity contribution in [3.8, 4) is 0 Å². The van der Waals surface area contributed by atoms with Gasteiger partial charge in [0.25, 0.3) is 0 Å². The van der Waals surface area contributed by atoms with Gasteiger partial charge in [0.1, 0.15) is 5.82 Å². The lowest BCUT2D eigenvalue weighted by atomic mass is 10.2. The van der Waals surface area contributed by atoms with E-state index in [9.17, 15) is 8.42 Å². The van der Waals surface area contributed by atoms with E-state index in [0.717, 1.165) is 41.9 Å². The molecule has 0 amide bonds. The highest BCUT2D eigenvalue weighted by Crippen LogP contribution is 2.15. The van der Waals surface area contributed by atoms with Gasteiger partial charge in [0.15, 0.2) is 5.96 Å². The van der Waals surface area contributed by atoms with Gasteiger partial charge in [-0.05, 0) is 44.5 Å². The van der Waals surface area contributed by atoms with Crippen molar-refractivity contribution < 1.29 is 8.42 Å². The Bertz CT molecular complexity index is 1140. The lowest BCUT2D eigenvalue weighted by Crippen LogP contribution is -2.41. The van der Waals surface area contributed by atoms with Crippen LogP contribution in [-0.2, 0) is 16.6 Å². The normalized spacial score (nSPS) is 11.9. The molecule has 0 radical (unpaired) electrons. The fourth-order valence-corrected chi connectivity index (χ4v) is 4.34. The molecule has 0 unspecified atom stereocenters.